The van der Waals surface area contributed by atoms with Crippen molar-refractivity contribution in [1.82, 2.24) is 15.0 Å². The van der Waals surface area contributed by atoms with E-state index in [1.807, 2.05) is 19.1 Å². The van der Waals surface area contributed by atoms with E-state index >= 15 is 0 Å². The Balaban J connectivity index is 1.62. The number of benzene rings is 1. The topological polar surface area (TPSA) is 54.6 Å². The lowest BCUT2D eigenvalue weighted by Crippen LogP contribution is -2.45. The normalized spacial score (nSPS) is 17.2. The van der Waals surface area contributed by atoms with Gasteiger partial charge in [-0.1, -0.05) is 24.2 Å². The number of rotatable bonds is 6. The highest BCUT2D eigenvalue weighted by Gasteiger charge is 2.25. The molecule has 0 bridgehead atoms. The molecule has 0 amide bonds. The third-order valence-corrected chi connectivity index (χ3v) is 4.05. The van der Waals surface area contributed by atoms with Crippen molar-refractivity contribution in [3.05, 3.63) is 36.0 Å². The second kappa shape index (κ2) is 7.00. The number of aromatic nitrogens is 2. The highest BCUT2D eigenvalue weighted by molar-refractivity contribution is 5.60. The Morgan fingerprint density at radius 3 is 2.87 bits per heavy atom. The van der Waals surface area contributed by atoms with Crippen LogP contribution in [0.5, 0.6) is 5.75 Å². The van der Waals surface area contributed by atoms with E-state index in [0.717, 1.165) is 37.6 Å². The van der Waals surface area contributed by atoms with Gasteiger partial charge >= 0.3 is 0 Å². The second-order valence-corrected chi connectivity index (χ2v) is 5.90. The van der Waals surface area contributed by atoms with Crippen LogP contribution in [0.2, 0.25) is 0 Å². The molecule has 0 saturated heterocycles. The first-order chi connectivity index (χ1) is 11.2. The fourth-order valence-corrected chi connectivity index (χ4v) is 2.91. The predicted molar refractivity (Wildman–Crippen MR) is 88.8 cm³/mol. The Kier molecular flexibility index (Phi) is 4.81. The lowest BCUT2D eigenvalue weighted by molar-refractivity contribution is 0.133. The number of fused-ring (bicyclic) bond motifs is 1. The fourth-order valence-electron chi connectivity index (χ4n) is 2.91. The van der Waals surface area contributed by atoms with Crippen LogP contribution in [-0.4, -0.2) is 47.8 Å². The number of para-hydroxylation sites is 2. The fraction of sp³-hybridized carbons (Fsp3) is 0.529. The molecule has 3 rings (SSSR count). The van der Waals surface area contributed by atoms with Gasteiger partial charge in [0.25, 0.3) is 0 Å². The Hall–Kier alpha value is -2.08. The lowest BCUT2D eigenvalue weighted by Gasteiger charge is -2.37. The van der Waals surface area contributed by atoms with Crippen molar-refractivity contribution in [2.24, 2.45) is 0 Å². The first-order valence-electron chi connectivity index (χ1n) is 8.20. The molecule has 1 atom stereocenters. The average molecular weight is 316 g/mol. The highest BCUT2D eigenvalue weighted by atomic mass is 16.5. The van der Waals surface area contributed by atoms with Crippen molar-refractivity contribution in [2.75, 3.05) is 31.6 Å². The van der Waals surface area contributed by atoms with Crippen molar-refractivity contribution in [3.8, 4) is 5.75 Å². The summed E-state index contributed by atoms with van der Waals surface area (Å²) in [4.78, 5) is 8.88. The minimum atomic E-state index is 0.128. The van der Waals surface area contributed by atoms with Crippen LogP contribution >= 0.6 is 0 Å². The summed E-state index contributed by atoms with van der Waals surface area (Å²) in [6.45, 7) is 7.51. The van der Waals surface area contributed by atoms with E-state index in [1.54, 1.807) is 0 Å². The van der Waals surface area contributed by atoms with Crippen LogP contribution in [0.25, 0.3) is 0 Å². The number of ether oxygens (including phenoxy) is 1. The van der Waals surface area contributed by atoms with Gasteiger partial charge in [0.15, 0.2) is 5.82 Å². The standard InChI is InChI=1S/C17H24N4O2/c1-4-16-18-17(23-19-16)12-20(3)10-13-11-21(5-2)14-8-6-7-9-15(14)22-13/h6-9,13H,4-5,10-12H2,1-3H3/t13-/m1/s1. The first-order valence-corrected chi connectivity index (χ1v) is 8.20. The van der Waals surface area contributed by atoms with Crippen molar-refractivity contribution < 1.29 is 9.26 Å². The Morgan fingerprint density at radius 2 is 2.13 bits per heavy atom. The molecule has 2 heterocycles. The maximum atomic E-state index is 6.15. The molecule has 1 aromatic carbocycles. The minimum absolute atomic E-state index is 0.128. The van der Waals surface area contributed by atoms with E-state index < -0.39 is 0 Å². The Labute approximate surface area is 137 Å². The smallest absolute Gasteiger partial charge is 0.240 e. The van der Waals surface area contributed by atoms with Gasteiger partial charge in [-0.3, -0.25) is 4.90 Å². The molecule has 1 aliphatic heterocycles. The van der Waals surface area contributed by atoms with Gasteiger partial charge in [-0.05, 0) is 26.1 Å². The van der Waals surface area contributed by atoms with E-state index in [-0.39, 0.29) is 6.10 Å². The molecule has 0 fully saturated rings. The zero-order chi connectivity index (χ0) is 16.2. The van der Waals surface area contributed by atoms with Crippen LogP contribution in [0, 0.1) is 0 Å². The molecule has 0 saturated carbocycles. The molecular weight excluding hydrogens is 292 g/mol. The third kappa shape index (κ3) is 3.64. The molecule has 2 aromatic rings. The molecule has 0 spiro atoms. The summed E-state index contributed by atoms with van der Waals surface area (Å²) < 4.78 is 11.4. The average Bonchev–Trinajstić information content (AvgIpc) is 3.01. The summed E-state index contributed by atoms with van der Waals surface area (Å²) in [5.74, 6) is 2.38. The largest absolute Gasteiger partial charge is 0.485 e. The number of likely N-dealkylation sites (N-methyl/N-ethyl adjacent to an activating group) is 2. The summed E-state index contributed by atoms with van der Waals surface area (Å²) in [5.41, 5.74) is 1.18. The monoisotopic (exact) mass is 316 g/mol. The number of nitrogens with zero attached hydrogens (tertiary/aromatic N) is 4. The first kappa shape index (κ1) is 15.8. The maximum Gasteiger partial charge on any atom is 0.240 e. The quantitative estimate of drug-likeness (QED) is 0.815. The molecule has 124 valence electrons. The zero-order valence-corrected chi connectivity index (χ0v) is 14.0. The van der Waals surface area contributed by atoms with Crippen LogP contribution in [-0.2, 0) is 13.0 Å². The van der Waals surface area contributed by atoms with Crippen molar-refractivity contribution in [1.29, 1.82) is 0 Å². The maximum absolute atomic E-state index is 6.15. The van der Waals surface area contributed by atoms with Gasteiger partial charge in [0.05, 0.1) is 18.8 Å². The van der Waals surface area contributed by atoms with Crippen LogP contribution in [0.15, 0.2) is 28.8 Å². The van der Waals surface area contributed by atoms with Crippen molar-refractivity contribution in [2.45, 2.75) is 32.9 Å². The molecule has 1 aliphatic rings. The summed E-state index contributed by atoms with van der Waals surface area (Å²) in [5, 5.41) is 3.94. The zero-order valence-electron chi connectivity index (χ0n) is 14.0. The molecule has 6 nitrogen and oxygen atoms in total. The van der Waals surface area contributed by atoms with Crippen LogP contribution in [0.4, 0.5) is 5.69 Å². The van der Waals surface area contributed by atoms with Crippen molar-refractivity contribution >= 4 is 5.69 Å². The summed E-state index contributed by atoms with van der Waals surface area (Å²) in [6.07, 6.45) is 0.921. The number of hydrogen-bond donors (Lipinski definition) is 0. The molecule has 1 aromatic heterocycles. The van der Waals surface area contributed by atoms with Gasteiger partial charge < -0.3 is 14.2 Å². The van der Waals surface area contributed by atoms with Crippen molar-refractivity contribution in [3.63, 3.8) is 0 Å². The number of hydrogen-bond acceptors (Lipinski definition) is 6. The molecule has 0 unspecified atom stereocenters. The van der Waals surface area contributed by atoms with Gasteiger partial charge in [0.1, 0.15) is 11.9 Å². The van der Waals surface area contributed by atoms with Gasteiger partial charge in [-0.2, -0.15) is 4.98 Å². The van der Waals surface area contributed by atoms with Gasteiger partial charge in [0, 0.05) is 19.5 Å². The van der Waals surface area contributed by atoms with E-state index in [9.17, 15) is 0 Å². The molecule has 0 N–H and O–H groups in total. The number of anilines is 1. The van der Waals surface area contributed by atoms with Gasteiger partial charge in [-0.15, -0.1) is 0 Å². The van der Waals surface area contributed by atoms with Crippen LogP contribution < -0.4 is 9.64 Å². The minimum Gasteiger partial charge on any atom is -0.485 e. The van der Waals surface area contributed by atoms with E-state index in [2.05, 4.69) is 46.0 Å². The van der Waals surface area contributed by atoms with Gasteiger partial charge in [-0.25, -0.2) is 0 Å². The summed E-state index contributed by atoms with van der Waals surface area (Å²) in [6, 6.07) is 8.22. The van der Waals surface area contributed by atoms with Gasteiger partial charge in [0.2, 0.25) is 5.89 Å². The molecular formula is C17H24N4O2. The summed E-state index contributed by atoms with van der Waals surface area (Å²) >= 11 is 0. The highest BCUT2D eigenvalue weighted by Crippen LogP contribution is 2.32. The van der Waals surface area contributed by atoms with E-state index in [0.29, 0.717) is 12.4 Å². The predicted octanol–water partition coefficient (Wildman–Crippen LogP) is 2.35. The molecule has 23 heavy (non-hydrogen) atoms. The number of aryl methyl sites for hydroxylation is 1. The SMILES string of the molecule is CCc1noc(CN(C)C[C@@H]2CN(CC)c3ccccc3O2)n1. The van der Waals surface area contributed by atoms with E-state index in [1.165, 1.54) is 5.69 Å². The Bertz CT molecular complexity index is 643. The molecule has 0 aliphatic carbocycles. The summed E-state index contributed by atoms with van der Waals surface area (Å²) in [7, 11) is 2.05. The van der Waals surface area contributed by atoms with E-state index in [4.69, 9.17) is 9.26 Å². The third-order valence-electron chi connectivity index (χ3n) is 4.05. The molecule has 0 radical (unpaired) electrons. The van der Waals surface area contributed by atoms with Crippen LogP contribution in [0.1, 0.15) is 25.6 Å². The molecule has 6 heteroatoms. The Morgan fingerprint density at radius 1 is 1.30 bits per heavy atom. The second-order valence-electron chi connectivity index (χ2n) is 5.90. The lowest BCUT2D eigenvalue weighted by atomic mass is 10.2. The van der Waals surface area contributed by atoms with Crippen LogP contribution in [0.3, 0.4) is 0 Å².